The Morgan fingerprint density at radius 2 is 1.47 bits per heavy atom. The summed E-state index contributed by atoms with van der Waals surface area (Å²) in [5.74, 6) is 0. The van der Waals surface area contributed by atoms with Gasteiger partial charge in [0.25, 0.3) is 0 Å². The Kier molecular flexibility index (Phi) is 6.00. The minimum Gasteiger partial charge on any atom is -0.139 e. The van der Waals surface area contributed by atoms with Crippen LogP contribution in [-0.2, 0) is 0 Å². The van der Waals surface area contributed by atoms with Gasteiger partial charge in [0, 0.05) is 0 Å². The Bertz CT molecular complexity index is 319. The third-order valence-corrected chi connectivity index (χ3v) is 5.99. The Hall–Kier alpha value is 0.235. The predicted octanol–water partition coefficient (Wildman–Crippen LogP) is 5.04. The van der Waals surface area contributed by atoms with Crippen molar-refractivity contribution in [3.8, 4) is 0 Å². The van der Waals surface area contributed by atoms with Crippen LogP contribution in [0.1, 0.15) is 74.7 Å². The fourth-order valence-corrected chi connectivity index (χ4v) is 3.68. The summed E-state index contributed by atoms with van der Waals surface area (Å²) in [4.78, 5) is 0. The molecule has 0 N–H and O–H groups in total. The highest BCUT2D eigenvalue weighted by molar-refractivity contribution is 7.22. The molecule has 19 heavy (non-hydrogen) atoms. The van der Waals surface area contributed by atoms with Crippen molar-refractivity contribution in [2.45, 2.75) is 79.7 Å². The molecule has 0 amide bonds. The van der Waals surface area contributed by atoms with Gasteiger partial charge < -0.3 is 0 Å². The second-order valence-corrected chi connectivity index (χ2v) is 10.1. The summed E-state index contributed by atoms with van der Waals surface area (Å²) in [6, 6.07) is 0. The van der Waals surface area contributed by atoms with Crippen LogP contribution in [0.2, 0.25) is 0 Å². The average Bonchev–Trinajstić information content (AvgIpc) is 2.12. The van der Waals surface area contributed by atoms with Gasteiger partial charge in [-0.15, -0.1) is 9.24 Å². The first-order chi connectivity index (χ1) is 8.17. The van der Waals surface area contributed by atoms with Gasteiger partial charge in [-0.1, -0.05) is 80.4 Å². The highest BCUT2D eigenvalue weighted by atomic mass is 31.0. The fraction of sp³-hybridized carbons (Fsp3) is 0.882. The zero-order valence-corrected chi connectivity index (χ0v) is 16.1. The smallest absolute Gasteiger partial charge is 0.115 e. The predicted molar refractivity (Wildman–Crippen MR) is 96.7 cm³/mol. The molecule has 112 valence electrons. The van der Waals surface area contributed by atoms with Crippen molar-refractivity contribution < 1.29 is 0 Å². The van der Waals surface area contributed by atoms with E-state index in [1.807, 2.05) is 0 Å². The van der Waals surface area contributed by atoms with Crippen LogP contribution in [0.5, 0.6) is 0 Å². The number of allylic oxidation sites excluding steroid dienone is 1. The van der Waals surface area contributed by atoms with Gasteiger partial charge in [-0.05, 0) is 27.7 Å². The highest BCUT2D eigenvalue weighted by Crippen LogP contribution is 2.51. The lowest BCUT2D eigenvalue weighted by atomic mass is 9.56. The van der Waals surface area contributed by atoms with Crippen molar-refractivity contribution in [2.75, 3.05) is 0 Å². The lowest BCUT2D eigenvalue weighted by molar-refractivity contribution is 0.178. The molecule has 0 nitrogen and oxygen atoms in total. The molecule has 0 aromatic rings. The van der Waals surface area contributed by atoms with Crippen LogP contribution in [0.4, 0.5) is 0 Å². The van der Waals surface area contributed by atoms with E-state index < -0.39 is 0 Å². The summed E-state index contributed by atoms with van der Waals surface area (Å²) in [5.41, 5.74) is 2.01. The molecule has 0 rings (SSSR count). The van der Waals surface area contributed by atoms with Crippen LogP contribution >= 0.6 is 9.24 Å². The zero-order chi connectivity index (χ0) is 15.7. The molecule has 2 heteroatoms. The van der Waals surface area contributed by atoms with Crippen LogP contribution in [0.25, 0.3) is 0 Å². The largest absolute Gasteiger partial charge is 0.139 e. The fourth-order valence-electron chi connectivity index (χ4n) is 3.29. The monoisotopic (exact) mass is 282 g/mol. The van der Waals surface area contributed by atoms with Gasteiger partial charge in [0.05, 0.1) is 0 Å². The van der Waals surface area contributed by atoms with E-state index in [2.05, 4.69) is 79.1 Å². The van der Waals surface area contributed by atoms with Crippen molar-refractivity contribution in [1.82, 2.24) is 0 Å². The van der Waals surface area contributed by atoms with E-state index >= 15 is 0 Å². The first-order valence-electron chi connectivity index (χ1n) is 7.66. The SMILES string of the molecule is BC(P)(CCC)C(C)(C)CC(C)(C)C(=C)C(C)(C)C. The molecular weight excluding hydrogens is 246 g/mol. The zero-order valence-electron chi connectivity index (χ0n) is 14.9. The summed E-state index contributed by atoms with van der Waals surface area (Å²) in [7, 11) is 5.50. The van der Waals surface area contributed by atoms with Gasteiger partial charge in [-0.25, -0.2) is 0 Å². The number of hydrogen-bond acceptors (Lipinski definition) is 0. The van der Waals surface area contributed by atoms with Crippen LogP contribution in [0, 0.1) is 16.2 Å². The maximum atomic E-state index is 4.40. The van der Waals surface area contributed by atoms with Crippen molar-refractivity contribution in [3.63, 3.8) is 0 Å². The summed E-state index contributed by atoms with van der Waals surface area (Å²) in [6.45, 7) is 23.0. The van der Waals surface area contributed by atoms with Gasteiger partial charge in [0.1, 0.15) is 7.85 Å². The van der Waals surface area contributed by atoms with Crippen molar-refractivity contribution >= 4 is 17.1 Å². The Labute approximate surface area is 125 Å². The molecule has 0 heterocycles. The average molecular weight is 282 g/mol. The van der Waals surface area contributed by atoms with E-state index in [0.29, 0.717) is 0 Å². The Morgan fingerprint density at radius 3 is 1.79 bits per heavy atom. The molecule has 0 aromatic carbocycles. The van der Waals surface area contributed by atoms with Gasteiger partial charge in [0.15, 0.2) is 0 Å². The van der Waals surface area contributed by atoms with Gasteiger partial charge >= 0.3 is 0 Å². The third-order valence-electron chi connectivity index (χ3n) is 4.92. The van der Waals surface area contributed by atoms with Crippen LogP contribution in [0.3, 0.4) is 0 Å². The Balaban J connectivity index is 5.16. The van der Waals surface area contributed by atoms with E-state index in [9.17, 15) is 0 Å². The normalized spacial score (nSPS) is 17.1. The highest BCUT2D eigenvalue weighted by Gasteiger charge is 2.42. The van der Waals surface area contributed by atoms with Crippen molar-refractivity contribution in [1.29, 1.82) is 0 Å². The summed E-state index contributed by atoms with van der Waals surface area (Å²) in [5, 5.41) is 0.289. The van der Waals surface area contributed by atoms with Crippen molar-refractivity contribution in [3.05, 3.63) is 12.2 Å². The van der Waals surface area contributed by atoms with Crippen molar-refractivity contribution in [2.24, 2.45) is 16.2 Å². The number of hydrogen-bond donors (Lipinski definition) is 0. The van der Waals surface area contributed by atoms with Gasteiger partial charge in [-0.2, -0.15) is 0 Å². The molecule has 0 fully saturated rings. The first-order valence-corrected chi connectivity index (χ1v) is 8.24. The molecule has 2 unspecified atom stereocenters. The second-order valence-electron chi connectivity index (χ2n) is 8.84. The minimum absolute atomic E-state index is 0.174. The Morgan fingerprint density at radius 1 is 1.05 bits per heavy atom. The summed E-state index contributed by atoms with van der Waals surface area (Å²) >= 11 is 0. The molecule has 0 aliphatic carbocycles. The van der Waals surface area contributed by atoms with Crippen LogP contribution in [0.15, 0.2) is 12.2 Å². The molecule has 0 saturated carbocycles. The van der Waals surface area contributed by atoms with E-state index in [-0.39, 0.29) is 21.3 Å². The molecule has 0 aliphatic rings. The van der Waals surface area contributed by atoms with E-state index in [0.717, 1.165) is 0 Å². The molecule has 2 atom stereocenters. The molecule has 0 radical (unpaired) electrons. The van der Waals surface area contributed by atoms with E-state index in [1.165, 1.54) is 24.8 Å². The molecule has 0 saturated heterocycles. The number of rotatable bonds is 6. The summed E-state index contributed by atoms with van der Waals surface area (Å²) < 4.78 is 0. The topological polar surface area (TPSA) is 0 Å². The molecule has 0 bridgehead atoms. The second kappa shape index (κ2) is 5.93. The standard InChI is InChI=1S/C17H36BP/c1-10-11-17(18,19)16(8,9)12-15(6,7)13(2)14(3,4)5/h2,10-12,18-19H2,1,3-9H3. The van der Waals surface area contributed by atoms with Gasteiger partial charge in [-0.3, -0.25) is 0 Å². The molecule has 0 aromatic heterocycles. The van der Waals surface area contributed by atoms with E-state index in [1.54, 1.807) is 0 Å². The summed E-state index contributed by atoms with van der Waals surface area (Å²) in [6.07, 6.45) is 3.67. The van der Waals surface area contributed by atoms with E-state index in [4.69, 9.17) is 0 Å². The molecular formula is C17H36BP. The lowest BCUT2D eigenvalue weighted by Crippen LogP contribution is -2.43. The quantitative estimate of drug-likeness (QED) is 0.364. The maximum Gasteiger partial charge on any atom is 0.115 e. The molecule has 0 spiro atoms. The first kappa shape index (κ1) is 19.2. The molecule has 0 aliphatic heterocycles. The third kappa shape index (κ3) is 4.93. The lowest BCUT2D eigenvalue weighted by Gasteiger charge is -2.48. The van der Waals surface area contributed by atoms with Crippen LogP contribution < -0.4 is 0 Å². The minimum atomic E-state index is 0.174. The maximum absolute atomic E-state index is 4.40. The van der Waals surface area contributed by atoms with Gasteiger partial charge in [0.2, 0.25) is 0 Å². The van der Waals surface area contributed by atoms with Crippen LogP contribution in [-0.4, -0.2) is 12.9 Å².